The normalized spacial score (nSPS) is 11.3. The third-order valence-electron chi connectivity index (χ3n) is 0.952. The van der Waals surface area contributed by atoms with E-state index in [1.54, 1.807) is 0 Å². The van der Waals surface area contributed by atoms with Crippen molar-refractivity contribution in [3.05, 3.63) is 0 Å². The SMILES string of the molecule is CCOCC(=O)NC(C)(C)C. The van der Waals surface area contributed by atoms with Gasteiger partial charge in [0.05, 0.1) is 0 Å². The molecule has 0 atom stereocenters. The average molecular weight is 159 g/mol. The molecule has 0 fully saturated rings. The number of hydrogen-bond acceptors (Lipinski definition) is 2. The van der Waals surface area contributed by atoms with Gasteiger partial charge in [0.2, 0.25) is 5.91 Å². The minimum absolute atomic E-state index is 0.0562. The van der Waals surface area contributed by atoms with Crippen LogP contribution in [0.1, 0.15) is 27.7 Å². The van der Waals surface area contributed by atoms with Crippen LogP contribution in [0.5, 0.6) is 0 Å². The molecule has 0 unspecified atom stereocenters. The smallest absolute Gasteiger partial charge is 0.246 e. The fourth-order valence-electron chi connectivity index (χ4n) is 0.649. The molecule has 0 radical (unpaired) electrons. The van der Waals surface area contributed by atoms with Gasteiger partial charge in [-0.2, -0.15) is 0 Å². The number of nitrogens with one attached hydrogen (secondary N) is 1. The summed E-state index contributed by atoms with van der Waals surface area (Å²) in [5, 5.41) is 2.79. The maximum absolute atomic E-state index is 11.0. The van der Waals surface area contributed by atoms with Crippen molar-refractivity contribution >= 4 is 5.91 Å². The first kappa shape index (κ1) is 10.4. The van der Waals surface area contributed by atoms with Crippen LogP contribution < -0.4 is 5.32 Å². The topological polar surface area (TPSA) is 38.3 Å². The Morgan fingerprint density at radius 3 is 2.36 bits per heavy atom. The molecule has 0 heterocycles. The van der Waals surface area contributed by atoms with E-state index < -0.39 is 0 Å². The lowest BCUT2D eigenvalue weighted by molar-refractivity contribution is -0.126. The number of hydrogen-bond donors (Lipinski definition) is 1. The van der Waals surface area contributed by atoms with E-state index in [0.29, 0.717) is 6.61 Å². The van der Waals surface area contributed by atoms with Crippen LogP contribution in [-0.4, -0.2) is 24.7 Å². The maximum atomic E-state index is 11.0. The molecule has 0 aromatic rings. The van der Waals surface area contributed by atoms with Crippen LogP contribution in [0.4, 0.5) is 0 Å². The monoisotopic (exact) mass is 159 g/mol. The second-order valence-electron chi connectivity index (χ2n) is 3.44. The molecule has 0 spiro atoms. The van der Waals surface area contributed by atoms with Crippen molar-refractivity contribution in [2.75, 3.05) is 13.2 Å². The van der Waals surface area contributed by atoms with E-state index in [-0.39, 0.29) is 18.1 Å². The second-order valence-corrected chi connectivity index (χ2v) is 3.44. The molecule has 0 aliphatic carbocycles. The first-order chi connectivity index (χ1) is 4.95. The van der Waals surface area contributed by atoms with Crippen molar-refractivity contribution in [3.8, 4) is 0 Å². The lowest BCUT2D eigenvalue weighted by Gasteiger charge is -2.20. The summed E-state index contributed by atoms with van der Waals surface area (Å²) in [4.78, 5) is 11.0. The van der Waals surface area contributed by atoms with Crippen molar-refractivity contribution in [1.29, 1.82) is 0 Å². The third-order valence-corrected chi connectivity index (χ3v) is 0.952. The summed E-state index contributed by atoms with van der Waals surface area (Å²) in [5.74, 6) is -0.0562. The van der Waals surface area contributed by atoms with E-state index in [9.17, 15) is 4.79 Å². The van der Waals surface area contributed by atoms with Crippen LogP contribution in [0, 0.1) is 0 Å². The molecule has 0 bridgehead atoms. The highest BCUT2D eigenvalue weighted by Crippen LogP contribution is 1.97. The molecule has 0 aromatic carbocycles. The predicted molar refractivity (Wildman–Crippen MR) is 44.4 cm³/mol. The Morgan fingerprint density at radius 2 is 2.00 bits per heavy atom. The largest absolute Gasteiger partial charge is 0.372 e. The standard InChI is InChI=1S/C8H17NO2/c1-5-11-6-7(10)9-8(2,3)4/h5-6H2,1-4H3,(H,9,10). The molecule has 0 aliphatic heterocycles. The van der Waals surface area contributed by atoms with Crippen molar-refractivity contribution in [2.45, 2.75) is 33.2 Å². The number of carbonyl (C=O) groups excluding carboxylic acids is 1. The highest BCUT2D eigenvalue weighted by Gasteiger charge is 2.12. The van der Waals surface area contributed by atoms with Gasteiger partial charge in [-0.15, -0.1) is 0 Å². The summed E-state index contributed by atoms with van der Waals surface area (Å²) in [6, 6.07) is 0. The Hall–Kier alpha value is -0.570. The fraction of sp³-hybridized carbons (Fsp3) is 0.875. The zero-order valence-corrected chi connectivity index (χ0v) is 7.73. The number of rotatable bonds is 3. The number of carbonyl (C=O) groups is 1. The number of ether oxygens (including phenoxy) is 1. The van der Waals surface area contributed by atoms with E-state index in [1.165, 1.54) is 0 Å². The Labute approximate surface area is 68.1 Å². The molecule has 11 heavy (non-hydrogen) atoms. The van der Waals surface area contributed by atoms with Crippen molar-refractivity contribution in [3.63, 3.8) is 0 Å². The molecule has 1 N–H and O–H groups in total. The molecule has 0 rings (SSSR count). The molecular weight excluding hydrogens is 142 g/mol. The molecule has 0 saturated heterocycles. The summed E-state index contributed by atoms with van der Waals surface area (Å²) < 4.78 is 4.93. The van der Waals surface area contributed by atoms with Crippen LogP contribution >= 0.6 is 0 Å². The molecule has 3 heteroatoms. The van der Waals surface area contributed by atoms with Gasteiger partial charge in [-0.25, -0.2) is 0 Å². The van der Waals surface area contributed by atoms with Gasteiger partial charge in [0, 0.05) is 12.1 Å². The fourth-order valence-corrected chi connectivity index (χ4v) is 0.649. The summed E-state index contributed by atoms with van der Waals surface area (Å²) in [6.07, 6.45) is 0. The van der Waals surface area contributed by atoms with E-state index in [4.69, 9.17) is 4.74 Å². The number of amides is 1. The Kier molecular flexibility index (Phi) is 4.11. The minimum Gasteiger partial charge on any atom is -0.372 e. The zero-order valence-electron chi connectivity index (χ0n) is 7.73. The highest BCUT2D eigenvalue weighted by molar-refractivity contribution is 5.77. The van der Waals surface area contributed by atoms with Crippen LogP contribution in [0.15, 0.2) is 0 Å². The van der Waals surface area contributed by atoms with Crippen LogP contribution in [-0.2, 0) is 9.53 Å². The van der Waals surface area contributed by atoms with E-state index in [0.717, 1.165) is 0 Å². The lowest BCUT2D eigenvalue weighted by atomic mass is 10.1. The first-order valence-corrected chi connectivity index (χ1v) is 3.84. The molecule has 3 nitrogen and oxygen atoms in total. The van der Waals surface area contributed by atoms with E-state index >= 15 is 0 Å². The molecule has 0 aromatic heterocycles. The first-order valence-electron chi connectivity index (χ1n) is 3.84. The van der Waals surface area contributed by atoms with Gasteiger partial charge in [-0.3, -0.25) is 4.79 Å². The lowest BCUT2D eigenvalue weighted by Crippen LogP contribution is -2.42. The molecule has 66 valence electrons. The van der Waals surface area contributed by atoms with Gasteiger partial charge in [0.25, 0.3) is 0 Å². The average Bonchev–Trinajstić information content (AvgIpc) is 1.79. The predicted octanol–water partition coefficient (Wildman–Crippen LogP) is 0.938. The highest BCUT2D eigenvalue weighted by atomic mass is 16.5. The van der Waals surface area contributed by atoms with Gasteiger partial charge < -0.3 is 10.1 Å². The van der Waals surface area contributed by atoms with Crippen LogP contribution in [0.2, 0.25) is 0 Å². The second kappa shape index (κ2) is 4.34. The van der Waals surface area contributed by atoms with Crippen molar-refractivity contribution in [1.82, 2.24) is 5.32 Å². The Morgan fingerprint density at radius 1 is 1.45 bits per heavy atom. The molecule has 1 amide bonds. The zero-order chi connectivity index (χ0) is 8.91. The Balaban J connectivity index is 3.53. The van der Waals surface area contributed by atoms with Gasteiger partial charge >= 0.3 is 0 Å². The van der Waals surface area contributed by atoms with Gasteiger partial charge in [0.15, 0.2) is 0 Å². The van der Waals surface area contributed by atoms with Crippen molar-refractivity contribution < 1.29 is 9.53 Å². The molecular formula is C8H17NO2. The third kappa shape index (κ3) is 7.33. The summed E-state index contributed by atoms with van der Waals surface area (Å²) in [7, 11) is 0. The summed E-state index contributed by atoms with van der Waals surface area (Å²) in [5.41, 5.74) is -0.159. The summed E-state index contributed by atoms with van der Waals surface area (Å²) in [6.45, 7) is 8.43. The van der Waals surface area contributed by atoms with E-state index in [2.05, 4.69) is 5.32 Å². The molecule has 0 saturated carbocycles. The van der Waals surface area contributed by atoms with Crippen LogP contribution in [0.3, 0.4) is 0 Å². The quantitative estimate of drug-likeness (QED) is 0.665. The minimum atomic E-state index is -0.159. The Bertz CT molecular complexity index is 127. The van der Waals surface area contributed by atoms with Gasteiger partial charge in [-0.05, 0) is 27.7 Å². The van der Waals surface area contributed by atoms with Gasteiger partial charge in [0.1, 0.15) is 6.61 Å². The van der Waals surface area contributed by atoms with E-state index in [1.807, 2.05) is 27.7 Å². The van der Waals surface area contributed by atoms with Crippen molar-refractivity contribution in [2.24, 2.45) is 0 Å². The molecule has 0 aliphatic rings. The maximum Gasteiger partial charge on any atom is 0.246 e. The van der Waals surface area contributed by atoms with Gasteiger partial charge in [-0.1, -0.05) is 0 Å². The van der Waals surface area contributed by atoms with Crippen LogP contribution in [0.25, 0.3) is 0 Å². The summed E-state index contributed by atoms with van der Waals surface area (Å²) >= 11 is 0.